The molecular formula is C13H10BrN3O. The van der Waals surface area contributed by atoms with Gasteiger partial charge in [-0.2, -0.15) is 0 Å². The second-order valence-corrected chi connectivity index (χ2v) is 4.69. The van der Waals surface area contributed by atoms with Crippen molar-refractivity contribution in [1.29, 1.82) is 0 Å². The summed E-state index contributed by atoms with van der Waals surface area (Å²) in [4.78, 5) is 4.36. The average Bonchev–Trinajstić information content (AvgIpc) is 2.81. The smallest absolute Gasteiger partial charge is 0.189 e. The summed E-state index contributed by atoms with van der Waals surface area (Å²) in [5, 5.41) is 4.32. The summed E-state index contributed by atoms with van der Waals surface area (Å²) in [5.41, 5.74) is 0.826. The van der Waals surface area contributed by atoms with Gasteiger partial charge < -0.3 is 4.74 Å². The zero-order valence-electron chi connectivity index (χ0n) is 9.45. The summed E-state index contributed by atoms with van der Waals surface area (Å²) < 4.78 is 8.38. The molecule has 0 aliphatic rings. The van der Waals surface area contributed by atoms with Crippen LogP contribution in [0.15, 0.2) is 53.1 Å². The molecule has 0 radical (unpaired) electrons. The predicted octanol–water partition coefficient (Wildman–Crippen LogP) is 3.07. The van der Waals surface area contributed by atoms with Crippen LogP contribution in [0.2, 0.25) is 0 Å². The Balaban J connectivity index is 1.74. The number of hydrogen-bond acceptors (Lipinski definition) is 3. The SMILES string of the molecule is Brc1ccc(OCc2nc3ccccn3n2)cc1. The van der Waals surface area contributed by atoms with Crippen molar-refractivity contribution in [2.75, 3.05) is 0 Å². The lowest BCUT2D eigenvalue weighted by molar-refractivity contribution is 0.296. The monoisotopic (exact) mass is 303 g/mol. The first-order chi connectivity index (χ1) is 8.81. The van der Waals surface area contributed by atoms with Crippen LogP contribution in [0.5, 0.6) is 5.75 Å². The molecule has 0 aliphatic heterocycles. The van der Waals surface area contributed by atoms with Gasteiger partial charge >= 0.3 is 0 Å². The Bertz CT molecular complexity index is 630. The van der Waals surface area contributed by atoms with Gasteiger partial charge in [0.1, 0.15) is 12.4 Å². The lowest BCUT2D eigenvalue weighted by atomic mass is 10.3. The Labute approximate surface area is 112 Å². The van der Waals surface area contributed by atoms with Crippen LogP contribution in [0.4, 0.5) is 0 Å². The van der Waals surface area contributed by atoms with E-state index in [0.29, 0.717) is 12.4 Å². The third kappa shape index (κ3) is 2.36. The van der Waals surface area contributed by atoms with E-state index in [4.69, 9.17) is 4.74 Å². The van der Waals surface area contributed by atoms with Gasteiger partial charge in [0.2, 0.25) is 0 Å². The van der Waals surface area contributed by atoms with Crippen molar-refractivity contribution >= 4 is 21.6 Å². The molecule has 0 unspecified atom stereocenters. The largest absolute Gasteiger partial charge is 0.486 e. The summed E-state index contributed by atoms with van der Waals surface area (Å²) in [6, 6.07) is 13.4. The number of rotatable bonds is 3. The normalized spacial score (nSPS) is 10.7. The predicted molar refractivity (Wildman–Crippen MR) is 71.5 cm³/mol. The second kappa shape index (κ2) is 4.78. The van der Waals surface area contributed by atoms with E-state index in [9.17, 15) is 0 Å². The molecule has 2 heterocycles. The van der Waals surface area contributed by atoms with Gasteiger partial charge in [-0.1, -0.05) is 22.0 Å². The highest BCUT2D eigenvalue weighted by molar-refractivity contribution is 9.10. The summed E-state index contributed by atoms with van der Waals surface area (Å²) in [7, 11) is 0. The van der Waals surface area contributed by atoms with E-state index in [0.717, 1.165) is 15.9 Å². The van der Waals surface area contributed by atoms with Gasteiger partial charge in [0.05, 0.1) is 0 Å². The number of fused-ring (bicyclic) bond motifs is 1. The van der Waals surface area contributed by atoms with Crippen LogP contribution in [0.25, 0.3) is 5.65 Å². The molecule has 0 atom stereocenters. The van der Waals surface area contributed by atoms with Gasteiger partial charge in [0, 0.05) is 10.7 Å². The van der Waals surface area contributed by atoms with Gasteiger partial charge in [-0.25, -0.2) is 9.50 Å². The fraction of sp³-hybridized carbons (Fsp3) is 0.0769. The molecule has 3 aromatic rings. The minimum atomic E-state index is 0.364. The molecule has 1 aromatic carbocycles. The molecule has 2 aromatic heterocycles. The highest BCUT2D eigenvalue weighted by atomic mass is 79.9. The molecule has 3 rings (SSSR count). The minimum absolute atomic E-state index is 0.364. The lowest BCUT2D eigenvalue weighted by Gasteiger charge is -2.02. The molecule has 18 heavy (non-hydrogen) atoms. The Morgan fingerprint density at radius 2 is 1.94 bits per heavy atom. The van der Waals surface area contributed by atoms with Gasteiger partial charge in [-0.05, 0) is 36.4 Å². The highest BCUT2D eigenvalue weighted by Gasteiger charge is 2.03. The van der Waals surface area contributed by atoms with E-state index in [1.54, 1.807) is 4.52 Å². The third-order valence-corrected chi connectivity index (χ3v) is 3.00. The first kappa shape index (κ1) is 11.2. The number of ether oxygens (including phenoxy) is 1. The molecular weight excluding hydrogens is 294 g/mol. The Hall–Kier alpha value is -1.88. The number of nitrogens with zero attached hydrogens (tertiary/aromatic N) is 3. The summed E-state index contributed by atoms with van der Waals surface area (Å²) in [6.07, 6.45) is 1.87. The lowest BCUT2D eigenvalue weighted by Crippen LogP contribution is -1.97. The van der Waals surface area contributed by atoms with Crippen LogP contribution in [0.3, 0.4) is 0 Å². The van der Waals surface area contributed by atoms with Crippen LogP contribution >= 0.6 is 15.9 Å². The van der Waals surface area contributed by atoms with Crippen LogP contribution in [0.1, 0.15) is 5.82 Å². The average molecular weight is 304 g/mol. The van der Waals surface area contributed by atoms with Crippen molar-refractivity contribution in [2.24, 2.45) is 0 Å². The van der Waals surface area contributed by atoms with E-state index in [2.05, 4.69) is 26.0 Å². The minimum Gasteiger partial charge on any atom is -0.486 e. The molecule has 0 fully saturated rings. The van der Waals surface area contributed by atoms with Crippen molar-refractivity contribution < 1.29 is 4.74 Å². The molecule has 0 N–H and O–H groups in total. The molecule has 90 valence electrons. The highest BCUT2D eigenvalue weighted by Crippen LogP contribution is 2.16. The standard InChI is InChI=1S/C13H10BrN3O/c14-10-4-6-11(7-5-10)18-9-12-15-13-3-1-2-8-17(13)16-12/h1-8H,9H2. The first-order valence-electron chi connectivity index (χ1n) is 5.50. The van der Waals surface area contributed by atoms with E-state index in [1.807, 2.05) is 48.7 Å². The summed E-state index contributed by atoms with van der Waals surface area (Å²) in [6.45, 7) is 0.364. The van der Waals surface area contributed by atoms with E-state index in [-0.39, 0.29) is 0 Å². The number of aromatic nitrogens is 3. The molecule has 0 amide bonds. The molecule has 5 heteroatoms. The zero-order valence-corrected chi connectivity index (χ0v) is 11.0. The van der Waals surface area contributed by atoms with Crippen molar-refractivity contribution in [2.45, 2.75) is 6.61 Å². The number of benzene rings is 1. The van der Waals surface area contributed by atoms with Gasteiger partial charge in [0.25, 0.3) is 0 Å². The topological polar surface area (TPSA) is 39.4 Å². The first-order valence-corrected chi connectivity index (χ1v) is 6.29. The quantitative estimate of drug-likeness (QED) is 0.746. The molecule has 0 bridgehead atoms. The van der Waals surface area contributed by atoms with Crippen molar-refractivity contribution in [1.82, 2.24) is 14.6 Å². The van der Waals surface area contributed by atoms with Gasteiger partial charge in [-0.3, -0.25) is 0 Å². The van der Waals surface area contributed by atoms with Gasteiger partial charge in [-0.15, -0.1) is 5.10 Å². The Kier molecular flexibility index (Phi) is 2.98. The maximum atomic E-state index is 5.62. The molecule has 0 aliphatic carbocycles. The van der Waals surface area contributed by atoms with Gasteiger partial charge in [0.15, 0.2) is 11.5 Å². The number of hydrogen-bond donors (Lipinski definition) is 0. The number of halogens is 1. The van der Waals surface area contributed by atoms with Crippen molar-refractivity contribution in [3.05, 3.63) is 59.0 Å². The van der Waals surface area contributed by atoms with E-state index < -0.39 is 0 Å². The number of pyridine rings is 1. The maximum Gasteiger partial charge on any atom is 0.189 e. The van der Waals surface area contributed by atoms with Crippen LogP contribution in [-0.4, -0.2) is 14.6 Å². The zero-order chi connectivity index (χ0) is 12.4. The van der Waals surface area contributed by atoms with Crippen LogP contribution < -0.4 is 4.74 Å². The Morgan fingerprint density at radius 1 is 1.11 bits per heavy atom. The van der Waals surface area contributed by atoms with Crippen molar-refractivity contribution in [3.8, 4) is 5.75 Å². The summed E-state index contributed by atoms with van der Waals surface area (Å²) in [5.74, 6) is 1.47. The molecule has 4 nitrogen and oxygen atoms in total. The van der Waals surface area contributed by atoms with E-state index in [1.165, 1.54) is 0 Å². The van der Waals surface area contributed by atoms with E-state index >= 15 is 0 Å². The molecule has 0 spiro atoms. The second-order valence-electron chi connectivity index (χ2n) is 3.77. The third-order valence-electron chi connectivity index (χ3n) is 2.47. The van der Waals surface area contributed by atoms with Crippen molar-refractivity contribution in [3.63, 3.8) is 0 Å². The maximum absolute atomic E-state index is 5.62. The fourth-order valence-electron chi connectivity index (χ4n) is 1.62. The van der Waals surface area contributed by atoms with Crippen LogP contribution in [-0.2, 0) is 6.61 Å². The Morgan fingerprint density at radius 3 is 2.72 bits per heavy atom. The summed E-state index contributed by atoms with van der Waals surface area (Å²) >= 11 is 3.38. The fourth-order valence-corrected chi connectivity index (χ4v) is 1.88. The van der Waals surface area contributed by atoms with Crippen LogP contribution in [0, 0.1) is 0 Å². The molecule has 0 saturated heterocycles. The molecule has 0 saturated carbocycles.